The summed E-state index contributed by atoms with van der Waals surface area (Å²) in [7, 11) is 2.00. The predicted octanol–water partition coefficient (Wildman–Crippen LogP) is 3.94. The number of nitrogens with one attached hydrogen (secondary N) is 3. The molecule has 4 N–H and O–H groups in total. The van der Waals surface area contributed by atoms with Crippen LogP contribution >= 0.6 is 51.7 Å². The summed E-state index contributed by atoms with van der Waals surface area (Å²) in [6, 6.07) is 14.1. The SMILES string of the molecule is C.COCC(=O)N[C@@H](C)C(=O)N[C@@H](Cc1ccccc1)[C@H](O)C(=O)N1CSC(C)(C)[C@H]1C(=O)NCc1ccccc1C.[I][V][I]. The average Bonchev–Trinajstić information content (AvgIpc) is 3.31. The number of hydrogen-bond donors (Lipinski definition) is 4. The fourth-order valence-corrected chi connectivity index (χ4v) is 5.88. The van der Waals surface area contributed by atoms with E-state index in [1.165, 1.54) is 30.7 Å². The van der Waals surface area contributed by atoms with Gasteiger partial charge in [0.15, 0.2) is 6.10 Å². The molecule has 249 valence electrons. The zero-order valence-electron chi connectivity index (χ0n) is 25.4. The van der Waals surface area contributed by atoms with Crippen LogP contribution in [0.5, 0.6) is 0 Å². The number of carbonyl (C=O) groups excluding carboxylic acids is 4. The number of amides is 4. The Balaban J connectivity index is 0.00000243. The Bertz CT molecular complexity index is 1260. The summed E-state index contributed by atoms with van der Waals surface area (Å²) in [5.74, 6) is -1.80. The number of thioether (sulfide) groups is 1. The molecule has 4 atom stereocenters. The van der Waals surface area contributed by atoms with E-state index in [1.54, 1.807) is 0 Å². The number of aliphatic hydroxyl groups excluding tert-OH is 1. The van der Waals surface area contributed by atoms with Crippen LogP contribution in [0.2, 0.25) is 0 Å². The van der Waals surface area contributed by atoms with Gasteiger partial charge in [-0.15, -0.1) is 11.8 Å². The first-order chi connectivity index (χ1) is 20.9. The number of aliphatic hydroxyl groups is 1. The standard InChI is InChI=1S/C30H40N4O6S.CH4.2HI.V/c1-19-11-9-10-14-22(19)16-31-28(38)26-30(3,4)41-18-34(26)29(39)25(36)23(15-21-12-7-6-8-13-21)33-27(37)20(2)32-24(35)17-40-5;;;;/h6-14,20,23,25-26,36H,15-18H2,1-5H3,(H,31,38)(H,32,35)(H,33,37);1H4;2*1H;/q;;;;+2/p-2/t20-,23-,25-,26+;;;;/m0..../s1. The number of carbonyl (C=O) groups is 4. The molecule has 3 rings (SSSR count). The van der Waals surface area contributed by atoms with E-state index in [4.69, 9.17) is 4.74 Å². The molecule has 0 aliphatic carbocycles. The van der Waals surface area contributed by atoms with Crippen LogP contribution in [0, 0.1) is 6.92 Å². The molecule has 1 heterocycles. The Hall–Kier alpha value is -1.37. The minimum absolute atomic E-state index is 0. The Morgan fingerprint density at radius 1 is 1.09 bits per heavy atom. The summed E-state index contributed by atoms with van der Waals surface area (Å²) >= 11 is 6.18. The average molecular weight is 906 g/mol. The molecule has 1 aliphatic heterocycles. The Kier molecular flexibility index (Phi) is 19.2. The van der Waals surface area contributed by atoms with Crippen molar-refractivity contribution in [3.05, 3.63) is 71.3 Å². The second-order valence-electron chi connectivity index (χ2n) is 10.8. The van der Waals surface area contributed by atoms with Crippen molar-refractivity contribution in [1.82, 2.24) is 20.9 Å². The molecule has 2 aromatic rings. The first-order valence-corrected chi connectivity index (χ1v) is 23.9. The Morgan fingerprint density at radius 2 is 1.69 bits per heavy atom. The summed E-state index contributed by atoms with van der Waals surface area (Å²) in [5.41, 5.74) is 2.81. The molecule has 2 aromatic carbocycles. The molecule has 4 amide bonds. The van der Waals surface area contributed by atoms with Gasteiger partial charge in [-0.25, -0.2) is 0 Å². The van der Waals surface area contributed by atoms with Gasteiger partial charge in [0.25, 0.3) is 5.91 Å². The molecule has 0 unspecified atom stereocenters. The first-order valence-electron chi connectivity index (χ1n) is 13.9. The van der Waals surface area contributed by atoms with E-state index in [2.05, 4.69) is 55.9 Å². The van der Waals surface area contributed by atoms with Crippen LogP contribution in [-0.4, -0.2) is 82.2 Å². The molecule has 1 fully saturated rings. The topological polar surface area (TPSA) is 137 Å². The molecule has 0 saturated carbocycles. The van der Waals surface area contributed by atoms with Gasteiger partial charge in [0.2, 0.25) is 17.7 Å². The third-order valence-electron chi connectivity index (χ3n) is 7.10. The van der Waals surface area contributed by atoms with Gasteiger partial charge in [-0.3, -0.25) is 19.2 Å². The zero-order chi connectivity index (χ0) is 32.9. The molecule has 14 heteroatoms. The van der Waals surface area contributed by atoms with E-state index in [0.717, 1.165) is 16.7 Å². The van der Waals surface area contributed by atoms with E-state index in [9.17, 15) is 24.3 Å². The van der Waals surface area contributed by atoms with Crippen LogP contribution in [0.3, 0.4) is 0 Å². The number of nitrogens with zero attached hydrogens (tertiary/aromatic N) is 1. The number of hydrogen-bond acceptors (Lipinski definition) is 7. The number of rotatable bonds is 12. The summed E-state index contributed by atoms with van der Waals surface area (Å²) in [6.45, 7) is 7.36. The fraction of sp³-hybridized carbons (Fsp3) is 0.484. The molecular weight excluding hydrogens is 861 g/mol. The Morgan fingerprint density at radius 3 is 2.29 bits per heavy atom. The van der Waals surface area contributed by atoms with Crippen molar-refractivity contribution in [2.24, 2.45) is 0 Å². The normalized spacial score (nSPS) is 16.9. The van der Waals surface area contributed by atoms with E-state index in [0.29, 0.717) is 16.0 Å². The van der Waals surface area contributed by atoms with Gasteiger partial charge >= 0.3 is 49.4 Å². The molecule has 1 saturated heterocycles. The van der Waals surface area contributed by atoms with Gasteiger partial charge in [-0.2, -0.15) is 0 Å². The van der Waals surface area contributed by atoms with Crippen molar-refractivity contribution < 1.29 is 38.5 Å². The van der Waals surface area contributed by atoms with E-state index in [1.807, 2.05) is 75.4 Å². The molecular formula is C31H44I2N4O6SV. The molecule has 1 aliphatic rings. The summed E-state index contributed by atoms with van der Waals surface area (Å²) in [5, 5.41) is 19.6. The number of ether oxygens (including phenoxy) is 1. The molecule has 10 nitrogen and oxygen atoms in total. The van der Waals surface area contributed by atoms with Crippen molar-refractivity contribution in [1.29, 1.82) is 0 Å². The molecule has 0 radical (unpaired) electrons. The third kappa shape index (κ3) is 13.0. The molecule has 0 spiro atoms. The molecule has 45 heavy (non-hydrogen) atoms. The van der Waals surface area contributed by atoms with Crippen LogP contribution in [0.25, 0.3) is 0 Å². The van der Waals surface area contributed by atoms with E-state index >= 15 is 0 Å². The summed E-state index contributed by atoms with van der Waals surface area (Å²) in [4.78, 5) is 53.5. The number of methoxy groups -OCH3 is 1. The maximum atomic E-state index is 13.8. The van der Waals surface area contributed by atoms with Crippen LogP contribution < -0.4 is 16.0 Å². The number of benzene rings is 2. The van der Waals surface area contributed by atoms with Gasteiger partial charge in [-0.1, -0.05) is 62.0 Å². The van der Waals surface area contributed by atoms with Crippen LogP contribution in [0.4, 0.5) is 0 Å². The predicted molar refractivity (Wildman–Crippen MR) is 193 cm³/mol. The quantitative estimate of drug-likeness (QED) is 0.237. The number of aryl methyl sites for hydroxylation is 1. The van der Waals surface area contributed by atoms with Crippen molar-refractivity contribution in [2.45, 2.75) is 77.1 Å². The van der Waals surface area contributed by atoms with E-state index < -0.39 is 46.7 Å². The second-order valence-corrected chi connectivity index (χ2v) is 24.2. The molecule has 0 bridgehead atoms. The second kappa shape index (κ2) is 20.8. The van der Waals surface area contributed by atoms with Crippen molar-refractivity contribution in [3.8, 4) is 0 Å². The van der Waals surface area contributed by atoms with E-state index in [-0.39, 0.29) is 32.2 Å². The van der Waals surface area contributed by atoms with Gasteiger partial charge in [0.05, 0.1) is 11.9 Å². The summed E-state index contributed by atoms with van der Waals surface area (Å²) in [6.07, 6.45) is -1.48. The summed E-state index contributed by atoms with van der Waals surface area (Å²) < 4.78 is 4.19. The zero-order valence-corrected chi connectivity index (χ0v) is 31.9. The third-order valence-corrected chi connectivity index (χ3v) is 8.47. The van der Waals surface area contributed by atoms with Crippen molar-refractivity contribution >= 4 is 75.3 Å². The first kappa shape index (κ1) is 41.7. The fourth-order valence-electron chi connectivity index (χ4n) is 4.74. The van der Waals surface area contributed by atoms with Crippen LogP contribution in [0.15, 0.2) is 54.6 Å². The Labute approximate surface area is 300 Å². The molecule has 0 aromatic heterocycles. The van der Waals surface area contributed by atoms with Gasteiger partial charge in [0.1, 0.15) is 18.7 Å². The van der Waals surface area contributed by atoms with Gasteiger partial charge < -0.3 is 30.7 Å². The number of halogens is 2. The minimum atomic E-state index is -1.64. The van der Waals surface area contributed by atoms with Gasteiger partial charge in [-0.05, 0) is 50.8 Å². The van der Waals surface area contributed by atoms with Crippen LogP contribution in [-0.2, 0) is 46.3 Å². The van der Waals surface area contributed by atoms with Gasteiger partial charge in [0, 0.05) is 18.4 Å². The van der Waals surface area contributed by atoms with Crippen molar-refractivity contribution in [2.75, 3.05) is 19.6 Å². The monoisotopic (exact) mass is 905 g/mol. The van der Waals surface area contributed by atoms with Crippen LogP contribution in [0.1, 0.15) is 44.9 Å². The maximum absolute atomic E-state index is 13.8. The van der Waals surface area contributed by atoms with Crippen molar-refractivity contribution in [3.63, 3.8) is 0 Å².